The summed E-state index contributed by atoms with van der Waals surface area (Å²) in [5, 5.41) is 10.1. The van der Waals surface area contributed by atoms with Gasteiger partial charge in [0.2, 0.25) is 5.91 Å². The average molecular weight is 299 g/mol. The van der Waals surface area contributed by atoms with Crippen LogP contribution in [-0.2, 0) is 9.53 Å². The molecule has 0 saturated heterocycles. The summed E-state index contributed by atoms with van der Waals surface area (Å²) in [6.07, 6.45) is 1.38. The van der Waals surface area contributed by atoms with Crippen LogP contribution in [0.2, 0.25) is 5.15 Å². The molecule has 2 heterocycles. The van der Waals surface area contributed by atoms with Gasteiger partial charge in [-0.05, 0) is 6.92 Å². The summed E-state index contributed by atoms with van der Waals surface area (Å²) in [5.74, 6) is 0.824. The number of methoxy groups -OCH3 is 1. The highest BCUT2D eigenvalue weighted by atomic mass is 35.5. The molecular formula is C11H15ClN6O2. The Kier molecular flexibility index (Phi) is 4.70. The molecule has 20 heavy (non-hydrogen) atoms. The maximum Gasteiger partial charge on any atom is 0.255 e. The fourth-order valence-corrected chi connectivity index (χ4v) is 1.79. The summed E-state index contributed by atoms with van der Waals surface area (Å²) in [5.41, 5.74) is 0.703. The molecule has 0 bridgehead atoms. The standard InChI is InChI=1S/C11H15ClN6O2/c1-7-9(12)17-11-15-6-16-18(11)10(7)14-5-8(19)13-3-4-20-2/h6,14H,3-5H2,1-2H3,(H,13,19). The molecule has 108 valence electrons. The lowest BCUT2D eigenvalue weighted by Gasteiger charge is -2.11. The number of rotatable bonds is 6. The smallest absolute Gasteiger partial charge is 0.255 e. The number of nitrogens with zero attached hydrogens (tertiary/aromatic N) is 4. The number of ether oxygens (including phenoxy) is 1. The average Bonchev–Trinajstić information content (AvgIpc) is 2.87. The van der Waals surface area contributed by atoms with Gasteiger partial charge >= 0.3 is 0 Å². The Labute approximate surface area is 120 Å². The monoisotopic (exact) mass is 298 g/mol. The number of halogens is 1. The van der Waals surface area contributed by atoms with Gasteiger partial charge < -0.3 is 15.4 Å². The van der Waals surface area contributed by atoms with Crippen LogP contribution in [0.15, 0.2) is 6.33 Å². The zero-order chi connectivity index (χ0) is 14.5. The van der Waals surface area contributed by atoms with Crippen LogP contribution >= 0.6 is 11.6 Å². The van der Waals surface area contributed by atoms with Gasteiger partial charge in [0.1, 0.15) is 17.3 Å². The number of fused-ring (bicyclic) bond motifs is 1. The van der Waals surface area contributed by atoms with E-state index in [2.05, 4.69) is 25.7 Å². The molecule has 2 aromatic rings. The fourth-order valence-electron chi connectivity index (χ4n) is 1.62. The van der Waals surface area contributed by atoms with E-state index < -0.39 is 0 Å². The Morgan fingerprint density at radius 3 is 3.10 bits per heavy atom. The number of amides is 1. The Hall–Kier alpha value is -1.93. The van der Waals surface area contributed by atoms with E-state index in [9.17, 15) is 4.79 Å². The first kappa shape index (κ1) is 14.5. The molecule has 0 radical (unpaired) electrons. The van der Waals surface area contributed by atoms with Crippen molar-refractivity contribution in [2.24, 2.45) is 0 Å². The molecule has 0 aliphatic rings. The van der Waals surface area contributed by atoms with Crippen LogP contribution in [-0.4, -0.2) is 52.3 Å². The summed E-state index contributed by atoms with van der Waals surface area (Å²) < 4.78 is 6.36. The molecule has 2 N–H and O–H groups in total. The normalized spacial score (nSPS) is 10.8. The number of aromatic nitrogens is 4. The largest absolute Gasteiger partial charge is 0.383 e. The number of nitrogens with one attached hydrogen (secondary N) is 2. The number of carbonyl (C=O) groups is 1. The van der Waals surface area contributed by atoms with E-state index in [4.69, 9.17) is 16.3 Å². The summed E-state index contributed by atoms with van der Waals surface area (Å²) in [7, 11) is 1.58. The van der Waals surface area contributed by atoms with Crippen molar-refractivity contribution < 1.29 is 9.53 Å². The highest BCUT2D eigenvalue weighted by Crippen LogP contribution is 2.21. The van der Waals surface area contributed by atoms with E-state index in [1.54, 1.807) is 14.0 Å². The first-order valence-corrected chi connectivity index (χ1v) is 6.36. The van der Waals surface area contributed by atoms with E-state index in [0.29, 0.717) is 35.5 Å². The Morgan fingerprint density at radius 1 is 1.55 bits per heavy atom. The fraction of sp³-hybridized carbons (Fsp3) is 0.455. The van der Waals surface area contributed by atoms with Crippen molar-refractivity contribution in [2.75, 3.05) is 32.1 Å². The van der Waals surface area contributed by atoms with Gasteiger partial charge in [-0.2, -0.15) is 19.6 Å². The van der Waals surface area contributed by atoms with Crippen molar-refractivity contribution in [1.29, 1.82) is 0 Å². The van der Waals surface area contributed by atoms with Crippen molar-refractivity contribution in [2.45, 2.75) is 6.92 Å². The van der Waals surface area contributed by atoms with Gasteiger partial charge in [0.15, 0.2) is 0 Å². The van der Waals surface area contributed by atoms with Gasteiger partial charge in [0.05, 0.1) is 13.2 Å². The zero-order valence-electron chi connectivity index (χ0n) is 11.2. The number of hydrogen-bond acceptors (Lipinski definition) is 6. The van der Waals surface area contributed by atoms with Gasteiger partial charge in [-0.3, -0.25) is 4.79 Å². The van der Waals surface area contributed by atoms with E-state index in [1.807, 2.05) is 0 Å². The van der Waals surface area contributed by atoms with Gasteiger partial charge in [0, 0.05) is 19.2 Å². The molecule has 0 spiro atoms. The molecule has 1 amide bonds. The molecule has 0 aliphatic carbocycles. The molecular weight excluding hydrogens is 284 g/mol. The van der Waals surface area contributed by atoms with Gasteiger partial charge in [-0.25, -0.2) is 0 Å². The lowest BCUT2D eigenvalue weighted by Crippen LogP contribution is -2.32. The predicted molar refractivity (Wildman–Crippen MR) is 73.9 cm³/mol. The maximum absolute atomic E-state index is 11.6. The second kappa shape index (κ2) is 6.49. The molecule has 0 unspecified atom stereocenters. The topological polar surface area (TPSA) is 93.4 Å². The van der Waals surface area contributed by atoms with E-state index in [0.717, 1.165) is 0 Å². The zero-order valence-corrected chi connectivity index (χ0v) is 11.9. The molecule has 2 rings (SSSR count). The molecule has 0 aromatic carbocycles. The quantitative estimate of drug-likeness (QED) is 0.587. The van der Waals surface area contributed by atoms with E-state index in [-0.39, 0.29) is 12.5 Å². The molecule has 0 fully saturated rings. The van der Waals surface area contributed by atoms with Crippen LogP contribution in [0.4, 0.5) is 5.82 Å². The Morgan fingerprint density at radius 2 is 2.35 bits per heavy atom. The third-order valence-electron chi connectivity index (χ3n) is 2.65. The molecule has 0 aliphatic heterocycles. The Balaban J connectivity index is 2.07. The SMILES string of the molecule is COCCNC(=O)CNc1c(C)c(Cl)nc2ncnn12. The molecule has 0 atom stereocenters. The van der Waals surface area contributed by atoms with E-state index in [1.165, 1.54) is 10.8 Å². The minimum Gasteiger partial charge on any atom is -0.383 e. The molecule has 0 saturated carbocycles. The van der Waals surface area contributed by atoms with E-state index >= 15 is 0 Å². The molecule has 8 nitrogen and oxygen atoms in total. The summed E-state index contributed by atoms with van der Waals surface area (Å²) in [6, 6.07) is 0. The Bertz CT molecular complexity index is 614. The van der Waals surface area contributed by atoms with Crippen LogP contribution in [0, 0.1) is 6.92 Å². The minimum absolute atomic E-state index is 0.0971. The highest BCUT2D eigenvalue weighted by Gasteiger charge is 2.12. The lowest BCUT2D eigenvalue weighted by molar-refractivity contribution is -0.119. The highest BCUT2D eigenvalue weighted by molar-refractivity contribution is 6.30. The molecule has 9 heteroatoms. The van der Waals surface area contributed by atoms with Gasteiger partial charge in [-0.1, -0.05) is 11.6 Å². The summed E-state index contributed by atoms with van der Waals surface area (Å²) in [4.78, 5) is 19.7. The lowest BCUT2D eigenvalue weighted by atomic mass is 10.3. The minimum atomic E-state index is -0.150. The number of anilines is 1. The van der Waals surface area contributed by atoms with Crippen LogP contribution in [0.5, 0.6) is 0 Å². The maximum atomic E-state index is 11.6. The van der Waals surface area contributed by atoms with Crippen molar-refractivity contribution in [3.63, 3.8) is 0 Å². The van der Waals surface area contributed by atoms with Gasteiger partial charge in [0.25, 0.3) is 5.78 Å². The number of carbonyl (C=O) groups excluding carboxylic acids is 1. The van der Waals surface area contributed by atoms with Gasteiger partial charge in [-0.15, -0.1) is 0 Å². The number of hydrogen-bond donors (Lipinski definition) is 2. The van der Waals surface area contributed by atoms with Crippen LogP contribution in [0.1, 0.15) is 5.56 Å². The van der Waals surface area contributed by atoms with Crippen molar-refractivity contribution >= 4 is 29.1 Å². The van der Waals surface area contributed by atoms with Crippen LogP contribution in [0.3, 0.4) is 0 Å². The summed E-state index contributed by atoms with van der Waals surface area (Å²) >= 11 is 6.02. The second-order valence-corrected chi connectivity index (χ2v) is 4.40. The summed E-state index contributed by atoms with van der Waals surface area (Å²) in [6.45, 7) is 2.83. The van der Waals surface area contributed by atoms with Crippen LogP contribution in [0.25, 0.3) is 5.78 Å². The first-order valence-electron chi connectivity index (χ1n) is 5.99. The first-order chi connectivity index (χ1) is 9.63. The van der Waals surface area contributed by atoms with Crippen molar-refractivity contribution in [3.05, 3.63) is 17.0 Å². The van der Waals surface area contributed by atoms with Crippen LogP contribution < -0.4 is 10.6 Å². The third kappa shape index (κ3) is 3.14. The third-order valence-corrected chi connectivity index (χ3v) is 3.02. The second-order valence-electron chi connectivity index (χ2n) is 4.04. The van der Waals surface area contributed by atoms with Crippen molar-refractivity contribution in [1.82, 2.24) is 24.9 Å². The predicted octanol–water partition coefficient (Wildman–Crippen LogP) is 0.261. The van der Waals surface area contributed by atoms with Crippen molar-refractivity contribution in [3.8, 4) is 0 Å². The molecule has 2 aromatic heterocycles.